The molecule has 0 bridgehead atoms. The normalized spacial score (nSPS) is 11.4. The molecular weight excluding hydrogens is 237 g/mol. The van der Waals surface area contributed by atoms with E-state index in [0.717, 1.165) is 6.61 Å². The molecule has 0 heterocycles. The number of aliphatic hydroxyl groups is 1. The highest BCUT2D eigenvalue weighted by molar-refractivity contribution is 5.48. The molecule has 1 aromatic rings. The van der Waals surface area contributed by atoms with E-state index in [0.29, 0.717) is 0 Å². The van der Waals surface area contributed by atoms with Gasteiger partial charge in [-0.3, -0.25) is 0 Å². The van der Waals surface area contributed by atoms with E-state index in [4.69, 9.17) is 9.84 Å². The molecule has 0 spiro atoms. The number of alkyl halides is 3. The molecule has 0 aliphatic heterocycles. The van der Waals surface area contributed by atoms with Crippen LogP contribution in [-0.2, 0) is 0 Å². The molecule has 1 N–H and O–H groups in total. The van der Waals surface area contributed by atoms with E-state index >= 15 is 0 Å². The van der Waals surface area contributed by atoms with Crippen molar-refractivity contribution >= 4 is 0 Å². The van der Waals surface area contributed by atoms with Crippen molar-refractivity contribution in [3.05, 3.63) is 30.4 Å². The van der Waals surface area contributed by atoms with Gasteiger partial charge in [-0.15, -0.1) is 0 Å². The summed E-state index contributed by atoms with van der Waals surface area (Å²) in [6.45, 7) is 1.29. The fourth-order valence-corrected chi connectivity index (χ4v) is 1.21. The van der Waals surface area contributed by atoms with Crippen LogP contribution in [0.3, 0.4) is 0 Å². The summed E-state index contributed by atoms with van der Waals surface area (Å²) >= 11 is 0. The van der Waals surface area contributed by atoms with Crippen molar-refractivity contribution in [3.8, 4) is 11.5 Å². The van der Waals surface area contributed by atoms with Crippen molar-refractivity contribution in [1.82, 2.24) is 0 Å². The Hall–Kier alpha value is -1.43. The second-order valence-corrected chi connectivity index (χ2v) is 3.14. The van der Waals surface area contributed by atoms with E-state index in [-0.39, 0.29) is 23.7 Å². The number of hydrogen-bond donors (Lipinski definition) is 1. The number of hydrogen-bond acceptors (Lipinski definition) is 3. The van der Waals surface area contributed by atoms with Gasteiger partial charge in [-0.05, 0) is 13.0 Å². The zero-order valence-electron chi connectivity index (χ0n) is 9.12. The molecule has 3 nitrogen and oxygen atoms in total. The minimum absolute atomic E-state index is 0.0491. The average Bonchev–Trinajstić information content (AvgIpc) is 2.27. The molecule has 0 amide bonds. The maximum absolute atomic E-state index is 12.0. The lowest BCUT2D eigenvalue weighted by molar-refractivity contribution is -0.153. The van der Waals surface area contributed by atoms with Crippen molar-refractivity contribution in [2.45, 2.75) is 13.1 Å². The van der Waals surface area contributed by atoms with Crippen LogP contribution in [0, 0.1) is 6.61 Å². The summed E-state index contributed by atoms with van der Waals surface area (Å²) in [5, 5.41) is 8.91. The first kappa shape index (κ1) is 13.6. The molecule has 0 aliphatic carbocycles. The van der Waals surface area contributed by atoms with Crippen molar-refractivity contribution in [3.63, 3.8) is 0 Å². The molecule has 0 saturated carbocycles. The van der Waals surface area contributed by atoms with Gasteiger partial charge in [0, 0.05) is 5.56 Å². The maximum atomic E-state index is 12.0. The number of para-hydroxylation sites is 1. The minimum atomic E-state index is -4.41. The second kappa shape index (κ2) is 5.77. The molecule has 1 rings (SSSR count). The molecule has 0 aliphatic rings. The van der Waals surface area contributed by atoms with Crippen molar-refractivity contribution in [2.24, 2.45) is 0 Å². The van der Waals surface area contributed by atoms with Gasteiger partial charge in [0.25, 0.3) is 0 Å². The Bertz CT molecular complexity index is 363. The van der Waals surface area contributed by atoms with E-state index in [2.05, 4.69) is 4.74 Å². The SMILES string of the molecule is CCOc1c([CH]O)cccc1OCC(F)(F)F. The number of benzene rings is 1. The monoisotopic (exact) mass is 249 g/mol. The highest BCUT2D eigenvalue weighted by Gasteiger charge is 2.29. The topological polar surface area (TPSA) is 38.7 Å². The van der Waals surface area contributed by atoms with Gasteiger partial charge in [0.15, 0.2) is 18.1 Å². The molecule has 1 radical (unpaired) electrons. The highest BCUT2D eigenvalue weighted by atomic mass is 19.4. The number of halogens is 3. The molecule has 0 atom stereocenters. The Balaban J connectivity index is 2.89. The van der Waals surface area contributed by atoms with Crippen LogP contribution in [0.15, 0.2) is 18.2 Å². The van der Waals surface area contributed by atoms with Crippen LogP contribution in [0.2, 0.25) is 0 Å². The standard InChI is InChI=1S/C11H12F3O3/c1-2-16-10-8(6-15)4-3-5-9(10)17-7-11(12,13)14/h3-6,15H,2,7H2,1H3. The van der Waals surface area contributed by atoms with E-state index in [1.807, 2.05) is 0 Å². The van der Waals surface area contributed by atoms with Crippen LogP contribution < -0.4 is 9.47 Å². The number of ether oxygens (including phenoxy) is 2. The lowest BCUT2D eigenvalue weighted by Gasteiger charge is -2.15. The van der Waals surface area contributed by atoms with Gasteiger partial charge in [0.2, 0.25) is 0 Å². The zero-order chi connectivity index (χ0) is 12.9. The van der Waals surface area contributed by atoms with Gasteiger partial charge in [0.1, 0.15) is 6.61 Å². The average molecular weight is 249 g/mol. The Labute approximate surface area is 96.8 Å². The van der Waals surface area contributed by atoms with Crippen LogP contribution >= 0.6 is 0 Å². The van der Waals surface area contributed by atoms with E-state index < -0.39 is 12.8 Å². The highest BCUT2D eigenvalue weighted by Crippen LogP contribution is 2.33. The van der Waals surface area contributed by atoms with E-state index in [1.54, 1.807) is 6.92 Å². The van der Waals surface area contributed by atoms with Crippen molar-refractivity contribution < 1.29 is 27.8 Å². The van der Waals surface area contributed by atoms with Crippen LogP contribution in [0.5, 0.6) is 11.5 Å². The number of aliphatic hydroxyl groups excluding tert-OH is 1. The summed E-state index contributed by atoms with van der Waals surface area (Å²) in [5.41, 5.74) is 0.270. The van der Waals surface area contributed by atoms with Crippen LogP contribution in [0.1, 0.15) is 12.5 Å². The third kappa shape index (κ3) is 4.14. The van der Waals surface area contributed by atoms with Gasteiger partial charge in [-0.1, -0.05) is 12.1 Å². The summed E-state index contributed by atoms with van der Waals surface area (Å²) in [6, 6.07) is 4.32. The van der Waals surface area contributed by atoms with Crippen molar-refractivity contribution in [1.29, 1.82) is 0 Å². The molecule has 0 saturated heterocycles. The largest absolute Gasteiger partial charge is 0.490 e. The third-order valence-corrected chi connectivity index (χ3v) is 1.83. The first-order chi connectivity index (χ1) is 7.98. The molecule has 0 aromatic heterocycles. The molecule has 1 aromatic carbocycles. The summed E-state index contributed by atoms with van der Waals surface area (Å²) in [5.74, 6) is 0.0497. The minimum Gasteiger partial charge on any atom is -0.490 e. The van der Waals surface area contributed by atoms with Crippen LogP contribution in [0.4, 0.5) is 13.2 Å². The van der Waals surface area contributed by atoms with Gasteiger partial charge in [0.05, 0.1) is 6.61 Å². The zero-order valence-corrected chi connectivity index (χ0v) is 9.12. The van der Waals surface area contributed by atoms with Crippen LogP contribution in [0.25, 0.3) is 0 Å². The lowest BCUT2D eigenvalue weighted by atomic mass is 10.2. The third-order valence-electron chi connectivity index (χ3n) is 1.83. The smallest absolute Gasteiger partial charge is 0.422 e. The van der Waals surface area contributed by atoms with Gasteiger partial charge in [-0.2, -0.15) is 13.2 Å². The molecule has 95 valence electrons. The Morgan fingerprint density at radius 1 is 1.29 bits per heavy atom. The first-order valence-corrected chi connectivity index (χ1v) is 4.90. The van der Waals surface area contributed by atoms with Gasteiger partial charge < -0.3 is 14.6 Å². The van der Waals surface area contributed by atoms with E-state index in [9.17, 15) is 13.2 Å². The summed E-state index contributed by atoms with van der Waals surface area (Å²) < 4.78 is 45.8. The maximum Gasteiger partial charge on any atom is 0.422 e. The van der Waals surface area contributed by atoms with Crippen molar-refractivity contribution in [2.75, 3.05) is 13.2 Å². The molecule has 0 unspecified atom stereocenters. The van der Waals surface area contributed by atoms with Gasteiger partial charge >= 0.3 is 6.18 Å². The Morgan fingerprint density at radius 3 is 2.53 bits per heavy atom. The summed E-state index contributed by atoms with van der Waals surface area (Å²) in [4.78, 5) is 0. The van der Waals surface area contributed by atoms with Crippen LogP contribution in [-0.4, -0.2) is 24.5 Å². The van der Waals surface area contributed by atoms with Gasteiger partial charge in [-0.25, -0.2) is 0 Å². The summed E-state index contributed by atoms with van der Waals surface area (Å²) in [7, 11) is 0. The molecular formula is C11H12F3O3. The fourth-order valence-electron chi connectivity index (χ4n) is 1.21. The van der Waals surface area contributed by atoms with E-state index in [1.165, 1.54) is 18.2 Å². The summed E-state index contributed by atoms with van der Waals surface area (Å²) in [6.07, 6.45) is -4.41. The molecule has 6 heteroatoms. The predicted molar refractivity (Wildman–Crippen MR) is 54.5 cm³/mol. The second-order valence-electron chi connectivity index (χ2n) is 3.14. The number of rotatable bonds is 5. The lowest BCUT2D eigenvalue weighted by Crippen LogP contribution is -2.19. The first-order valence-electron chi connectivity index (χ1n) is 4.90. The Morgan fingerprint density at radius 2 is 2.00 bits per heavy atom. The molecule has 17 heavy (non-hydrogen) atoms. The Kier molecular flexibility index (Phi) is 4.62. The predicted octanol–water partition coefficient (Wildman–Crippen LogP) is 2.91. The fraction of sp³-hybridized carbons (Fsp3) is 0.364. The molecule has 0 fully saturated rings. The quantitative estimate of drug-likeness (QED) is 0.872.